The molecular weight excluding hydrogens is 344 g/mol. The first-order valence-corrected chi connectivity index (χ1v) is 11.2. The number of carbonyl (C=O) groups excluding carboxylic acids is 1. The summed E-state index contributed by atoms with van der Waals surface area (Å²) in [7, 11) is 0. The lowest BCUT2D eigenvalue weighted by molar-refractivity contribution is -0.144. The van der Waals surface area contributed by atoms with Crippen LogP contribution in [0.3, 0.4) is 0 Å². The van der Waals surface area contributed by atoms with Crippen LogP contribution in [0.2, 0.25) is 0 Å². The van der Waals surface area contributed by atoms with Crippen LogP contribution >= 0.6 is 0 Å². The predicted octanol–water partition coefficient (Wildman–Crippen LogP) is 5.30. The zero-order valence-corrected chi connectivity index (χ0v) is 18.0. The van der Waals surface area contributed by atoms with Gasteiger partial charge in [-0.1, -0.05) is 71.1 Å². The lowest BCUT2D eigenvalue weighted by Gasteiger charge is -2.07. The van der Waals surface area contributed by atoms with Crippen molar-refractivity contribution in [1.82, 2.24) is 0 Å². The van der Waals surface area contributed by atoms with Crippen LogP contribution in [-0.2, 0) is 23.7 Å². The van der Waals surface area contributed by atoms with Gasteiger partial charge in [0.1, 0.15) is 0 Å². The summed E-state index contributed by atoms with van der Waals surface area (Å²) in [5.41, 5.74) is 0. The van der Waals surface area contributed by atoms with Crippen LogP contribution in [0, 0.1) is 0 Å². The Morgan fingerprint density at radius 2 is 1.00 bits per heavy atom. The highest BCUT2D eigenvalue weighted by Gasteiger charge is 2.00. The minimum atomic E-state index is -0.214. The van der Waals surface area contributed by atoms with Crippen LogP contribution in [0.15, 0.2) is 0 Å². The van der Waals surface area contributed by atoms with Gasteiger partial charge in [0.15, 0.2) is 0 Å². The van der Waals surface area contributed by atoms with Gasteiger partial charge < -0.3 is 18.9 Å². The average molecular weight is 389 g/mol. The van der Waals surface area contributed by atoms with Gasteiger partial charge in [-0.15, -0.1) is 0 Å². The number of hydrogen-bond acceptors (Lipinski definition) is 5. The van der Waals surface area contributed by atoms with E-state index in [4.69, 9.17) is 18.9 Å². The zero-order valence-electron chi connectivity index (χ0n) is 18.0. The van der Waals surface area contributed by atoms with E-state index >= 15 is 0 Å². The van der Waals surface area contributed by atoms with E-state index in [0.29, 0.717) is 46.1 Å². The Hall–Kier alpha value is -0.650. The average Bonchev–Trinajstić information content (AvgIpc) is 2.66. The summed E-state index contributed by atoms with van der Waals surface area (Å²) in [6, 6.07) is 0. The molecule has 0 heterocycles. The standard InChI is InChI=1S/C22H44O5/c1-3-5-6-7-8-9-10-11-12-13-14-16-24-18-20-26-21-19-25-17-15-22(23)27-4-2/h3-21H2,1-2H3. The molecule has 0 aliphatic carbocycles. The summed E-state index contributed by atoms with van der Waals surface area (Å²) >= 11 is 0. The summed E-state index contributed by atoms with van der Waals surface area (Å²) in [6.07, 6.45) is 15.2. The van der Waals surface area contributed by atoms with Crippen LogP contribution in [0.1, 0.15) is 90.9 Å². The number of ether oxygens (including phenoxy) is 4. The van der Waals surface area contributed by atoms with Gasteiger partial charge in [-0.3, -0.25) is 4.79 Å². The quantitative estimate of drug-likeness (QED) is 0.186. The molecule has 0 aliphatic rings. The number of rotatable bonds is 22. The molecule has 0 saturated heterocycles. The van der Waals surface area contributed by atoms with Gasteiger partial charge >= 0.3 is 5.97 Å². The topological polar surface area (TPSA) is 54.0 Å². The molecule has 0 aromatic carbocycles. The van der Waals surface area contributed by atoms with E-state index in [1.54, 1.807) is 6.92 Å². The van der Waals surface area contributed by atoms with Gasteiger partial charge in [-0.25, -0.2) is 0 Å². The summed E-state index contributed by atoms with van der Waals surface area (Å²) in [5.74, 6) is -0.214. The van der Waals surface area contributed by atoms with Crippen molar-refractivity contribution in [2.24, 2.45) is 0 Å². The maximum Gasteiger partial charge on any atom is 0.308 e. The van der Waals surface area contributed by atoms with Gasteiger partial charge in [0.05, 0.1) is 46.1 Å². The first-order chi connectivity index (χ1) is 13.3. The van der Waals surface area contributed by atoms with Crippen LogP contribution in [0.4, 0.5) is 0 Å². The van der Waals surface area contributed by atoms with Gasteiger partial charge in [-0.2, -0.15) is 0 Å². The molecule has 5 nitrogen and oxygen atoms in total. The first kappa shape index (κ1) is 26.4. The van der Waals surface area contributed by atoms with Crippen molar-refractivity contribution in [2.45, 2.75) is 90.9 Å². The Kier molecular flexibility index (Phi) is 22.8. The summed E-state index contributed by atoms with van der Waals surface area (Å²) in [5, 5.41) is 0. The lowest BCUT2D eigenvalue weighted by atomic mass is 10.1. The molecule has 0 fully saturated rings. The van der Waals surface area contributed by atoms with Crippen LogP contribution < -0.4 is 0 Å². The SMILES string of the molecule is CCCCCCCCCCCCCOCCOCCOCCC(=O)OCC. The molecule has 0 unspecified atom stereocenters. The molecule has 0 spiro atoms. The molecule has 0 aromatic heterocycles. The van der Waals surface area contributed by atoms with Crippen LogP contribution in [-0.4, -0.2) is 52.2 Å². The first-order valence-electron chi connectivity index (χ1n) is 11.2. The molecule has 0 aromatic rings. The second kappa shape index (κ2) is 23.4. The van der Waals surface area contributed by atoms with Crippen LogP contribution in [0.25, 0.3) is 0 Å². The fraction of sp³-hybridized carbons (Fsp3) is 0.955. The molecule has 0 N–H and O–H groups in total. The Bertz CT molecular complexity index is 296. The largest absolute Gasteiger partial charge is 0.466 e. The molecule has 27 heavy (non-hydrogen) atoms. The zero-order chi connectivity index (χ0) is 19.8. The van der Waals surface area contributed by atoms with E-state index in [1.807, 2.05) is 0 Å². The maximum absolute atomic E-state index is 11.1. The van der Waals surface area contributed by atoms with Crippen molar-refractivity contribution in [2.75, 3.05) is 46.2 Å². The molecule has 0 rings (SSSR count). The highest BCUT2D eigenvalue weighted by atomic mass is 16.5. The number of unbranched alkanes of at least 4 members (excludes halogenated alkanes) is 10. The highest BCUT2D eigenvalue weighted by Crippen LogP contribution is 2.11. The van der Waals surface area contributed by atoms with Gasteiger partial charge in [0.25, 0.3) is 0 Å². The van der Waals surface area contributed by atoms with E-state index in [9.17, 15) is 4.79 Å². The van der Waals surface area contributed by atoms with E-state index < -0.39 is 0 Å². The molecule has 5 heteroatoms. The van der Waals surface area contributed by atoms with E-state index in [0.717, 1.165) is 13.0 Å². The van der Waals surface area contributed by atoms with Gasteiger partial charge in [-0.05, 0) is 13.3 Å². The van der Waals surface area contributed by atoms with Crippen molar-refractivity contribution < 1.29 is 23.7 Å². The smallest absolute Gasteiger partial charge is 0.308 e. The van der Waals surface area contributed by atoms with Crippen LogP contribution in [0.5, 0.6) is 0 Å². The second-order valence-electron chi connectivity index (χ2n) is 6.93. The Labute approximate surface area is 167 Å². The summed E-state index contributed by atoms with van der Waals surface area (Å²) in [4.78, 5) is 11.1. The van der Waals surface area contributed by atoms with Gasteiger partial charge in [0.2, 0.25) is 0 Å². The minimum absolute atomic E-state index is 0.214. The minimum Gasteiger partial charge on any atom is -0.466 e. The van der Waals surface area contributed by atoms with Crippen molar-refractivity contribution in [3.8, 4) is 0 Å². The van der Waals surface area contributed by atoms with Crippen molar-refractivity contribution in [3.63, 3.8) is 0 Å². The molecular formula is C22H44O5. The highest BCUT2D eigenvalue weighted by molar-refractivity contribution is 5.69. The molecule has 0 saturated carbocycles. The molecule has 0 atom stereocenters. The van der Waals surface area contributed by atoms with Crippen molar-refractivity contribution in [1.29, 1.82) is 0 Å². The van der Waals surface area contributed by atoms with Crippen molar-refractivity contribution in [3.05, 3.63) is 0 Å². The number of carbonyl (C=O) groups is 1. The fourth-order valence-electron chi connectivity index (χ4n) is 2.80. The third kappa shape index (κ3) is 23.3. The third-order valence-corrected chi connectivity index (χ3v) is 4.39. The molecule has 0 amide bonds. The second-order valence-corrected chi connectivity index (χ2v) is 6.93. The molecule has 0 aliphatic heterocycles. The Morgan fingerprint density at radius 3 is 1.52 bits per heavy atom. The maximum atomic E-state index is 11.1. The third-order valence-electron chi connectivity index (χ3n) is 4.39. The van der Waals surface area contributed by atoms with Crippen molar-refractivity contribution >= 4 is 5.97 Å². The number of hydrogen-bond donors (Lipinski definition) is 0. The summed E-state index contributed by atoms with van der Waals surface area (Å²) in [6.45, 7) is 7.97. The van der Waals surface area contributed by atoms with E-state index in [-0.39, 0.29) is 5.97 Å². The van der Waals surface area contributed by atoms with E-state index in [1.165, 1.54) is 64.2 Å². The molecule has 0 bridgehead atoms. The van der Waals surface area contributed by atoms with E-state index in [2.05, 4.69) is 6.92 Å². The molecule has 0 radical (unpaired) electrons. The Morgan fingerprint density at radius 1 is 0.556 bits per heavy atom. The lowest BCUT2D eigenvalue weighted by Crippen LogP contribution is -2.12. The fourth-order valence-corrected chi connectivity index (χ4v) is 2.80. The monoisotopic (exact) mass is 388 g/mol. The normalized spacial score (nSPS) is 11.0. The van der Waals surface area contributed by atoms with Gasteiger partial charge in [0, 0.05) is 6.61 Å². The Balaban J connectivity index is 3.02. The summed E-state index contributed by atoms with van der Waals surface area (Å²) < 4.78 is 21.1. The number of esters is 1. The molecule has 162 valence electrons. The predicted molar refractivity (Wildman–Crippen MR) is 110 cm³/mol.